The highest BCUT2D eigenvalue weighted by Crippen LogP contribution is 2.18. The molecule has 0 spiro atoms. The van der Waals surface area contributed by atoms with E-state index in [0.717, 1.165) is 11.4 Å². The molecule has 17 heavy (non-hydrogen) atoms. The van der Waals surface area contributed by atoms with Gasteiger partial charge >= 0.3 is 0 Å². The van der Waals surface area contributed by atoms with Crippen molar-refractivity contribution in [3.8, 4) is 0 Å². The third-order valence-corrected chi connectivity index (χ3v) is 3.92. The van der Waals surface area contributed by atoms with Crippen molar-refractivity contribution >= 4 is 17.2 Å². The van der Waals surface area contributed by atoms with Gasteiger partial charge in [0.15, 0.2) is 0 Å². The van der Waals surface area contributed by atoms with Crippen molar-refractivity contribution in [3.05, 3.63) is 28.7 Å². The molecule has 3 atom stereocenters. The lowest BCUT2D eigenvalue weighted by atomic mass is 10.1. The molecule has 0 aliphatic heterocycles. The van der Waals surface area contributed by atoms with Crippen LogP contribution in [0.3, 0.4) is 0 Å². The van der Waals surface area contributed by atoms with E-state index < -0.39 is 0 Å². The molecule has 0 aromatic carbocycles. The molecule has 3 N–H and O–H groups in total. The van der Waals surface area contributed by atoms with Gasteiger partial charge in [0.1, 0.15) is 0 Å². The van der Waals surface area contributed by atoms with E-state index in [1.807, 2.05) is 17.5 Å². The van der Waals surface area contributed by atoms with Gasteiger partial charge in [-0.3, -0.25) is 4.79 Å². The van der Waals surface area contributed by atoms with Crippen molar-refractivity contribution in [2.75, 3.05) is 6.54 Å². The summed E-state index contributed by atoms with van der Waals surface area (Å²) in [6.07, 6.45) is 6.30. The van der Waals surface area contributed by atoms with Crippen molar-refractivity contribution in [2.24, 2.45) is 11.7 Å². The second kappa shape index (κ2) is 5.42. The first kappa shape index (κ1) is 12.3. The molecular weight excluding hydrogens is 234 g/mol. The summed E-state index contributed by atoms with van der Waals surface area (Å²) in [4.78, 5) is 16.1. The molecule has 1 heterocycles. The first-order valence-corrected chi connectivity index (χ1v) is 6.66. The lowest BCUT2D eigenvalue weighted by Gasteiger charge is -2.13. The van der Waals surface area contributed by atoms with Gasteiger partial charge in [-0.2, -0.15) is 0 Å². The Morgan fingerprint density at radius 2 is 2.53 bits per heavy atom. The predicted octanol–water partition coefficient (Wildman–Crippen LogP) is 1.27. The number of hydrogen-bond donors (Lipinski definition) is 2. The highest BCUT2D eigenvalue weighted by molar-refractivity contribution is 7.09. The van der Waals surface area contributed by atoms with Crippen LogP contribution in [0.2, 0.25) is 0 Å². The van der Waals surface area contributed by atoms with Gasteiger partial charge in [-0.1, -0.05) is 19.1 Å². The molecule has 1 amide bonds. The number of nitrogens with zero attached hydrogens (tertiary/aromatic N) is 1. The Balaban J connectivity index is 1.79. The fourth-order valence-corrected chi connectivity index (χ4v) is 2.57. The van der Waals surface area contributed by atoms with Crippen molar-refractivity contribution in [2.45, 2.75) is 25.3 Å². The first-order valence-electron chi connectivity index (χ1n) is 5.78. The summed E-state index contributed by atoms with van der Waals surface area (Å²) in [6.45, 7) is 2.70. The number of nitrogens with two attached hydrogens (primary N) is 1. The first-order chi connectivity index (χ1) is 8.16. The summed E-state index contributed by atoms with van der Waals surface area (Å²) in [6, 6.07) is 0.0298. The molecule has 0 bridgehead atoms. The lowest BCUT2D eigenvalue weighted by Crippen LogP contribution is -2.33. The number of aromatic nitrogens is 1. The monoisotopic (exact) mass is 251 g/mol. The van der Waals surface area contributed by atoms with Crippen molar-refractivity contribution < 1.29 is 4.79 Å². The standard InChI is InChI=1S/C12H17N3OS/c1-8(12-14-4-5-17-12)7-15-11(16)9-2-3-10(13)6-9/h2-5,8-10H,6-7,13H2,1H3,(H,15,16). The second-order valence-corrected chi connectivity index (χ2v) is 5.33. The highest BCUT2D eigenvalue weighted by atomic mass is 32.1. The van der Waals surface area contributed by atoms with Crippen molar-refractivity contribution in [1.29, 1.82) is 0 Å². The van der Waals surface area contributed by atoms with Gasteiger partial charge in [0.05, 0.1) is 10.9 Å². The molecule has 1 aliphatic carbocycles. The fraction of sp³-hybridized carbons (Fsp3) is 0.500. The smallest absolute Gasteiger partial charge is 0.227 e. The maximum atomic E-state index is 11.8. The third-order valence-electron chi connectivity index (χ3n) is 2.91. The summed E-state index contributed by atoms with van der Waals surface area (Å²) in [7, 11) is 0. The zero-order valence-electron chi connectivity index (χ0n) is 9.80. The van der Waals surface area contributed by atoms with Crippen LogP contribution < -0.4 is 11.1 Å². The van der Waals surface area contributed by atoms with Gasteiger partial charge in [-0.25, -0.2) is 4.98 Å². The van der Waals surface area contributed by atoms with Crippen LogP contribution in [-0.2, 0) is 4.79 Å². The molecular formula is C12H17N3OS. The van der Waals surface area contributed by atoms with Crippen LogP contribution in [0.1, 0.15) is 24.3 Å². The Labute approximate surface area is 105 Å². The maximum absolute atomic E-state index is 11.8. The SMILES string of the molecule is CC(CNC(=O)C1C=CC(N)C1)c1nccs1. The van der Waals surface area contributed by atoms with Gasteiger partial charge in [0, 0.05) is 30.1 Å². The van der Waals surface area contributed by atoms with Crippen LogP contribution in [0.4, 0.5) is 0 Å². The predicted molar refractivity (Wildman–Crippen MR) is 68.8 cm³/mol. The molecule has 4 nitrogen and oxygen atoms in total. The molecule has 1 aliphatic rings. The van der Waals surface area contributed by atoms with E-state index in [1.54, 1.807) is 17.5 Å². The van der Waals surface area contributed by atoms with E-state index in [-0.39, 0.29) is 23.8 Å². The highest BCUT2D eigenvalue weighted by Gasteiger charge is 2.22. The van der Waals surface area contributed by atoms with Gasteiger partial charge in [0.2, 0.25) is 5.91 Å². The number of thiazole rings is 1. The van der Waals surface area contributed by atoms with Gasteiger partial charge in [-0.15, -0.1) is 11.3 Å². The van der Waals surface area contributed by atoms with Crippen LogP contribution in [0.25, 0.3) is 0 Å². The van der Waals surface area contributed by atoms with E-state index in [0.29, 0.717) is 6.54 Å². The number of carbonyl (C=O) groups excluding carboxylic acids is 1. The second-order valence-electron chi connectivity index (χ2n) is 4.41. The molecule has 1 aromatic heterocycles. The van der Waals surface area contributed by atoms with Crippen LogP contribution in [0.5, 0.6) is 0 Å². The van der Waals surface area contributed by atoms with Crippen LogP contribution in [0.15, 0.2) is 23.7 Å². The van der Waals surface area contributed by atoms with Crippen molar-refractivity contribution in [1.82, 2.24) is 10.3 Å². The number of carbonyl (C=O) groups is 1. The number of nitrogens with one attached hydrogen (secondary N) is 1. The summed E-state index contributed by atoms with van der Waals surface area (Å²) >= 11 is 1.62. The number of hydrogen-bond acceptors (Lipinski definition) is 4. The quantitative estimate of drug-likeness (QED) is 0.792. The minimum atomic E-state index is -0.0616. The average molecular weight is 251 g/mol. The Hall–Kier alpha value is -1.20. The normalized spacial score (nSPS) is 24.8. The Morgan fingerprint density at radius 1 is 1.71 bits per heavy atom. The summed E-state index contributed by atoms with van der Waals surface area (Å²) < 4.78 is 0. The minimum absolute atomic E-state index is 0.0298. The fourth-order valence-electron chi connectivity index (χ4n) is 1.87. The van der Waals surface area contributed by atoms with Gasteiger partial charge < -0.3 is 11.1 Å². The lowest BCUT2D eigenvalue weighted by molar-refractivity contribution is -0.123. The number of amides is 1. The Bertz CT molecular complexity index is 402. The van der Waals surface area contributed by atoms with E-state index in [9.17, 15) is 4.79 Å². The summed E-state index contributed by atoms with van der Waals surface area (Å²) in [5.74, 6) is 0.268. The minimum Gasteiger partial charge on any atom is -0.355 e. The summed E-state index contributed by atoms with van der Waals surface area (Å²) in [5, 5.41) is 5.96. The molecule has 92 valence electrons. The Morgan fingerprint density at radius 3 is 3.12 bits per heavy atom. The third kappa shape index (κ3) is 3.14. The molecule has 0 saturated carbocycles. The molecule has 0 fully saturated rings. The van der Waals surface area contributed by atoms with Crippen LogP contribution >= 0.6 is 11.3 Å². The summed E-state index contributed by atoms with van der Waals surface area (Å²) in [5.41, 5.74) is 5.72. The molecule has 1 aromatic rings. The van der Waals surface area contributed by atoms with Gasteiger partial charge in [-0.05, 0) is 6.42 Å². The van der Waals surface area contributed by atoms with Crippen LogP contribution in [-0.4, -0.2) is 23.5 Å². The van der Waals surface area contributed by atoms with Crippen LogP contribution in [0, 0.1) is 5.92 Å². The van der Waals surface area contributed by atoms with E-state index in [4.69, 9.17) is 5.73 Å². The zero-order chi connectivity index (χ0) is 12.3. The van der Waals surface area contributed by atoms with Crippen molar-refractivity contribution in [3.63, 3.8) is 0 Å². The average Bonchev–Trinajstić information content (AvgIpc) is 2.95. The van der Waals surface area contributed by atoms with E-state index in [1.165, 1.54) is 0 Å². The molecule has 3 unspecified atom stereocenters. The molecule has 2 rings (SSSR count). The molecule has 0 saturated heterocycles. The maximum Gasteiger partial charge on any atom is 0.227 e. The molecule has 5 heteroatoms. The van der Waals surface area contributed by atoms with E-state index in [2.05, 4.69) is 17.2 Å². The number of rotatable bonds is 4. The molecule has 0 radical (unpaired) electrons. The zero-order valence-corrected chi connectivity index (χ0v) is 10.6. The topological polar surface area (TPSA) is 68.0 Å². The largest absolute Gasteiger partial charge is 0.355 e. The van der Waals surface area contributed by atoms with E-state index >= 15 is 0 Å². The Kier molecular flexibility index (Phi) is 3.91. The van der Waals surface area contributed by atoms with Gasteiger partial charge in [0.25, 0.3) is 0 Å².